The van der Waals surface area contributed by atoms with Gasteiger partial charge in [-0.1, -0.05) is 42.5 Å². The maximum Gasteiger partial charge on any atom is 0.435 e. The van der Waals surface area contributed by atoms with Gasteiger partial charge in [-0.25, -0.2) is 4.39 Å². The highest BCUT2D eigenvalue weighted by atomic mass is 19.4. The summed E-state index contributed by atoms with van der Waals surface area (Å²) < 4.78 is 56.2. The lowest BCUT2D eigenvalue weighted by atomic mass is 9.93. The first-order chi connectivity index (χ1) is 18.7. The van der Waals surface area contributed by atoms with E-state index in [1.165, 1.54) is 16.8 Å². The van der Waals surface area contributed by atoms with Crippen molar-refractivity contribution in [2.24, 2.45) is 0 Å². The first-order valence-electron chi connectivity index (χ1n) is 12.9. The van der Waals surface area contributed by atoms with Gasteiger partial charge in [0.25, 0.3) is 0 Å². The van der Waals surface area contributed by atoms with Gasteiger partial charge < -0.3 is 5.32 Å². The average molecular weight is 537 g/mol. The Kier molecular flexibility index (Phi) is 7.50. The number of nitrogens with zero attached hydrogens (tertiary/aromatic N) is 3. The van der Waals surface area contributed by atoms with Gasteiger partial charge in [0.05, 0.1) is 11.7 Å². The summed E-state index contributed by atoms with van der Waals surface area (Å²) in [6.07, 6.45) is -0.582. The Labute approximate surface area is 223 Å². The Morgan fingerprint density at radius 2 is 1.79 bits per heavy atom. The number of nitrogens with one attached hydrogen (secondary N) is 1. The molecule has 1 aliphatic carbocycles. The molecule has 0 fully saturated rings. The number of hydrogen-bond donors (Lipinski definition) is 1. The van der Waals surface area contributed by atoms with Crippen molar-refractivity contribution in [2.75, 3.05) is 0 Å². The molecular weight excluding hydrogens is 508 g/mol. The van der Waals surface area contributed by atoms with Crippen molar-refractivity contribution in [3.8, 4) is 11.1 Å². The van der Waals surface area contributed by atoms with Crippen molar-refractivity contribution in [3.05, 3.63) is 106 Å². The van der Waals surface area contributed by atoms with E-state index in [4.69, 9.17) is 0 Å². The minimum Gasteiger partial charge on any atom is -0.346 e. The highest BCUT2D eigenvalue weighted by molar-refractivity contribution is 5.77. The van der Waals surface area contributed by atoms with E-state index in [1.54, 1.807) is 24.4 Å². The van der Waals surface area contributed by atoms with E-state index in [-0.39, 0.29) is 18.5 Å². The summed E-state index contributed by atoms with van der Waals surface area (Å²) in [5, 5.41) is 6.79. The molecule has 0 aliphatic heterocycles. The zero-order chi connectivity index (χ0) is 27.6. The Bertz CT molecular complexity index is 1490. The van der Waals surface area contributed by atoms with E-state index >= 15 is 0 Å². The van der Waals surface area contributed by atoms with Crippen molar-refractivity contribution >= 4 is 5.91 Å². The Morgan fingerprint density at radius 1 is 1.03 bits per heavy atom. The number of pyridine rings is 1. The second-order valence-electron chi connectivity index (χ2n) is 9.84. The molecule has 1 atom stereocenters. The largest absolute Gasteiger partial charge is 0.435 e. The molecule has 9 heteroatoms. The fourth-order valence-corrected chi connectivity index (χ4v) is 5.32. The lowest BCUT2D eigenvalue weighted by Crippen LogP contribution is -2.34. The molecule has 2 aromatic heterocycles. The first-order valence-corrected chi connectivity index (χ1v) is 12.9. The Balaban J connectivity index is 1.49. The van der Waals surface area contributed by atoms with E-state index in [2.05, 4.69) is 15.4 Å². The van der Waals surface area contributed by atoms with Gasteiger partial charge in [-0.05, 0) is 73.9 Å². The van der Waals surface area contributed by atoms with Gasteiger partial charge in [0.1, 0.15) is 12.4 Å². The zero-order valence-electron chi connectivity index (χ0n) is 21.4. The van der Waals surface area contributed by atoms with E-state index < -0.39 is 29.6 Å². The van der Waals surface area contributed by atoms with Crippen LogP contribution >= 0.6 is 0 Å². The molecule has 5 nitrogen and oxygen atoms in total. The maximum atomic E-state index is 14.0. The van der Waals surface area contributed by atoms with Crippen molar-refractivity contribution < 1.29 is 22.4 Å². The molecule has 4 aromatic rings. The molecule has 1 amide bonds. The summed E-state index contributed by atoms with van der Waals surface area (Å²) in [6.45, 7) is 1.62. The van der Waals surface area contributed by atoms with Gasteiger partial charge in [0.15, 0.2) is 5.69 Å². The van der Waals surface area contributed by atoms with E-state index in [0.717, 1.165) is 23.1 Å². The molecule has 0 spiro atoms. The molecular formula is C30H28F4N4O. The standard InChI is InChI=1S/C30H28F4N4O/c1-19-8-2-3-11-22(19)23-13-7-15-35-28(23)25(17-20-9-6-10-21(31)16-20)36-27(39)18-38-26-14-5-4-12-24(26)29(37-38)30(32,33)34/h2-3,6-11,13,15-16,25H,4-5,12,14,17-18H2,1H3,(H,36,39). The normalized spacial score (nSPS) is 14.1. The third kappa shape index (κ3) is 5.87. The van der Waals surface area contributed by atoms with Crippen LogP contribution in [0.25, 0.3) is 11.1 Å². The topological polar surface area (TPSA) is 59.8 Å². The number of rotatable bonds is 7. The van der Waals surface area contributed by atoms with Crippen molar-refractivity contribution in [1.29, 1.82) is 0 Å². The van der Waals surface area contributed by atoms with Crippen LogP contribution in [0.15, 0.2) is 66.9 Å². The third-order valence-electron chi connectivity index (χ3n) is 7.09. The SMILES string of the molecule is Cc1ccccc1-c1cccnc1C(Cc1cccc(F)c1)NC(=O)Cn1nc(C(F)(F)F)c2c1CCCC2. The molecule has 2 heterocycles. The number of fused-ring (bicyclic) bond motifs is 1. The van der Waals surface area contributed by atoms with Crippen LogP contribution < -0.4 is 5.32 Å². The van der Waals surface area contributed by atoms with Crippen LogP contribution in [0.3, 0.4) is 0 Å². The van der Waals surface area contributed by atoms with Crippen LogP contribution in [-0.2, 0) is 36.8 Å². The number of carbonyl (C=O) groups is 1. The molecule has 1 aliphatic rings. The molecule has 0 saturated carbocycles. The maximum absolute atomic E-state index is 14.0. The molecule has 1 unspecified atom stereocenters. The lowest BCUT2D eigenvalue weighted by Gasteiger charge is -2.22. The van der Waals surface area contributed by atoms with Gasteiger partial charge >= 0.3 is 6.18 Å². The quantitative estimate of drug-likeness (QED) is 0.279. The summed E-state index contributed by atoms with van der Waals surface area (Å²) in [6, 6.07) is 16.9. The minimum atomic E-state index is -4.58. The Hall–Kier alpha value is -4.01. The molecule has 0 saturated heterocycles. The van der Waals surface area contributed by atoms with Crippen LogP contribution in [0.5, 0.6) is 0 Å². The number of alkyl halides is 3. The molecule has 0 bridgehead atoms. The van der Waals surface area contributed by atoms with Gasteiger partial charge in [-0.2, -0.15) is 18.3 Å². The summed E-state index contributed by atoms with van der Waals surface area (Å²) >= 11 is 0. The number of aromatic nitrogens is 3. The van der Waals surface area contributed by atoms with Crippen molar-refractivity contribution in [2.45, 2.75) is 57.8 Å². The van der Waals surface area contributed by atoms with E-state index in [1.807, 2.05) is 37.3 Å². The Morgan fingerprint density at radius 3 is 2.56 bits per heavy atom. The van der Waals surface area contributed by atoms with Crippen LogP contribution in [0.1, 0.15) is 52.7 Å². The number of benzene rings is 2. The lowest BCUT2D eigenvalue weighted by molar-refractivity contribution is -0.142. The third-order valence-corrected chi connectivity index (χ3v) is 7.09. The highest BCUT2D eigenvalue weighted by Gasteiger charge is 2.39. The number of amides is 1. The van der Waals surface area contributed by atoms with Crippen LogP contribution in [-0.4, -0.2) is 20.7 Å². The van der Waals surface area contributed by atoms with Gasteiger partial charge in [-0.15, -0.1) is 0 Å². The molecule has 39 heavy (non-hydrogen) atoms. The van der Waals surface area contributed by atoms with Crippen molar-refractivity contribution in [3.63, 3.8) is 0 Å². The molecule has 202 valence electrons. The second kappa shape index (κ2) is 11.0. The number of hydrogen-bond acceptors (Lipinski definition) is 3. The molecule has 0 radical (unpaired) electrons. The molecule has 5 rings (SSSR count). The predicted octanol–water partition coefficient (Wildman–Crippen LogP) is 6.39. The van der Waals surface area contributed by atoms with Crippen LogP contribution in [0.2, 0.25) is 0 Å². The summed E-state index contributed by atoms with van der Waals surface area (Å²) in [5.74, 6) is -0.900. The number of halogens is 4. The van der Waals surface area contributed by atoms with E-state index in [9.17, 15) is 22.4 Å². The molecule has 1 N–H and O–H groups in total. The smallest absolute Gasteiger partial charge is 0.346 e. The fourth-order valence-electron chi connectivity index (χ4n) is 5.32. The van der Waals surface area contributed by atoms with Gasteiger partial charge in [0.2, 0.25) is 5.91 Å². The highest BCUT2D eigenvalue weighted by Crippen LogP contribution is 2.36. The summed E-state index contributed by atoms with van der Waals surface area (Å²) in [5.41, 5.74) is 3.75. The van der Waals surface area contributed by atoms with Gasteiger partial charge in [0, 0.05) is 23.0 Å². The zero-order valence-corrected chi connectivity index (χ0v) is 21.4. The van der Waals surface area contributed by atoms with E-state index in [0.29, 0.717) is 36.2 Å². The number of aryl methyl sites for hydroxylation is 1. The fraction of sp³-hybridized carbons (Fsp3) is 0.300. The summed E-state index contributed by atoms with van der Waals surface area (Å²) in [7, 11) is 0. The summed E-state index contributed by atoms with van der Waals surface area (Å²) in [4.78, 5) is 18.0. The van der Waals surface area contributed by atoms with Crippen molar-refractivity contribution in [1.82, 2.24) is 20.1 Å². The number of carbonyl (C=O) groups excluding carboxylic acids is 1. The molecule has 2 aromatic carbocycles. The van der Waals surface area contributed by atoms with Crippen LogP contribution in [0, 0.1) is 12.7 Å². The predicted molar refractivity (Wildman–Crippen MR) is 139 cm³/mol. The first kappa shape index (κ1) is 26.6. The van der Waals surface area contributed by atoms with Gasteiger partial charge in [-0.3, -0.25) is 14.5 Å². The second-order valence-corrected chi connectivity index (χ2v) is 9.84. The monoisotopic (exact) mass is 536 g/mol. The average Bonchev–Trinajstić information content (AvgIpc) is 3.28. The van der Waals surface area contributed by atoms with Crippen LogP contribution in [0.4, 0.5) is 17.6 Å². The minimum absolute atomic E-state index is 0.185.